The molecule has 0 atom stereocenters. The summed E-state index contributed by atoms with van der Waals surface area (Å²) in [7, 11) is 0. The molecule has 2 rings (SSSR count). The maximum atomic E-state index is 11.9. The van der Waals surface area contributed by atoms with Gasteiger partial charge < -0.3 is 9.64 Å². The molecule has 4 nitrogen and oxygen atoms in total. The van der Waals surface area contributed by atoms with Gasteiger partial charge in [-0.2, -0.15) is 0 Å². The van der Waals surface area contributed by atoms with E-state index in [1.165, 1.54) is 0 Å². The largest absolute Gasteiger partial charge is 0.445 e. The molecule has 1 fully saturated rings. The highest BCUT2D eigenvalue weighted by molar-refractivity contribution is 6.64. The van der Waals surface area contributed by atoms with Crippen molar-refractivity contribution in [3.8, 4) is 0 Å². The van der Waals surface area contributed by atoms with Crippen molar-refractivity contribution in [1.82, 2.24) is 4.90 Å². The lowest BCUT2D eigenvalue weighted by molar-refractivity contribution is -0.121. The van der Waals surface area contributed by atoms with Crippen LogP contribution < -0.4 is 0 Å². The zero-order valence-corrected chi connectivity index (χ0v) is 12.2. The topological polar surface area (TPSA) is 46.6 Å². The summed E-state index contributed by atoms with van der Waals surface area (Å²) in [4.78, 5) is 24.9. The Bertz CT molecular complexity index is 481. The quantitative estimate of drug-likeness (QED) is 0.805. The molecular weight excluding hydrogens is 278 g/mol. The minimum absolute atomic E-state index is 0.266. The van der Waals surface area contributed by atoms with Crippen molar-refractivity contribution < 1.29 is 14.3 Å². The van der Waals surface area contributed by atoms with Gasteiger partial charge in [-0.25, -0.2) is 4.79 Å². The summed E-state index contributed by atoms with van der Waals surface area (Å²) in [6, 6.07) is 9.54. The Hall–Kier alpha value is -1.55. The molecule has 1 amide bonds. The summed E-state index contributed by atoms with van der Waals surface area (Å²) in [5, 5.41) is -0.324. The fourth-order valence-electron chi connectivity index (χ4n) is 2.19. The van der Waals surface area contributed by atoms with E-state index < -0.39 is 5.41 Å². The summed E-state index contributed by atoms with van der Waals surface area (Å²) in [6.45, 7) is 3.11. The van der Waals surface area contributed by atoms with Crippen LogP contribution in [0.1, 0.15) is 25.3 Å². The van der Waals surface area contributed by atoms with Crippen LogP contribution in [0, 0.1) is 5.41 Å². The number of rotatable bonds is 3. The van der Waals surface area contributed by atoms with Crippen LogP contribution >= 0.6 is 11.6 Å². The second-order valence-electron chi connectivity index (χ2n) is 5.36. The molecule has 0 aromatic heterocycles. The molecule has 1 aromatic carbocycles. The Morgan fingerprint density at radius 1 is 1.25 bits per heavy atom. The number of amides is 1. The van der Waals surface area contributed by atoms with E-state index in [-0.39, 0.29) is 17.9 Å². The third-order valence-electron chi connectivity index (χ3n) is 3.80. The molecular formula is C15H18ClNO3. The third-order valence-corrected chi connectivity index (χ3v) is 4.26. The summed E-state index contributed by atoms with van der Waals surface area (Å²) in [5.74, 6) is 0. The molecule has 1 aromatic rings. The number of hydrogen-bond donors (Lipinski definition) is 0. The minimum atomic E-state index is -0.516. The molecule has 0 bridgehead atoms. The summed E-state index contributed by atoms with van der Waals surface area (Å²) in [5.41, 5.74) is 0.441. The molecule has 0 spiro atoms. The van der Waals surface area contributed by atoms with Crippen LogP contribution in [0.2, 0.25) is 0 Å². The van der Waals surface area contributed by atoms with Crippen LogP contribution in [-0.4, -0.2) is 29.3 Å². The van der Waals surface area contributed by atoms with E-state index in [4.69, 9.17) is 16.3 Å². The van der Waals surface area contributed by atoms with Crippen LogP contribution in [0.15, 0.2) is 30.3 Å². The lowest BCUT2D eigenvalue weighted by Crippen LogP contribution is -2.44. The average Bonchev–Trinajstić information content (AvgIpc) is 2.46. The number of likely N-dealkylation sites (tertiary alicyclic amines) is 1. The van der Waals surface area contributed by atoms with Crippen molar-refractivity contribution in [3.05, 3.63) is 35.9 Å². The molecule has 0 aliphatic carbocycles. The van der Waals surface area contributed by atoms with Gasteiger partial charge in [0.25, 0.3) is 0 Å². The minimum Gasteiger partial charge on any atom is -0.445 e. The van der Waals surface area contributed by atoms with Crippen LogP contribution in [-0.2, 0) is 16.1 Å². The molecule has 0 saturated carbocycles. The second-order valence-corrected chi connectivity index (χ2v) is 5.70. The molecule has 1 saturated heterocycles. The Morgan fingerprint density at radius 2 is 1.85 bits per heavy atom. The number of halogens is 1. The maximum Gasteiger partial charge on any atom is 0.410 e. The van der Waals surface area contributed by atoms with Crippen molar-refractivity contribution in [1.29, 1.82) is 0 Å². The highest BCUT2D eigenvalue weighted by Gasteiger charge is 2.37. The smallest absolute Gasteiger partial charge is 0.410 e. The van der Waals surface area contributed by atoms with Gasteiger partial charge in [-0.1, -0.05) is 37.3 Å². The van der Waals surface area contributed by atoms with Gasteiger partial charge in [-0.15, -0.1) is 0 Å². The predicted molar refractivity (Wildman–Crippen MR) is 76.4 cm³/mol. The lowest BCUT2D eigenvalue weighted by Gasteiger charge is -2.36. The Kier molecular flexibility index (Phi) is 4.65. The monoisotopic (exact) mass is 295 g/mol. The van der Waals surface area contributed by atoms with E-state index in [0.717, 1.165) is 5.56 Å². The first-order valence-corrected chi connectivity index (χ1v) is 7.05. The Morgan fingerprint density at radius 3 is 2.40 bits per heavy atom. The van der Waals surface area contributed by atoms with Gasteiger partial charge in [-0.3, -0.25) is 4.79 Å². The summed E-state index contributed by atoms with van der Waals surface area (Å²) in [6.07, 6.45) is 0.823. The van der Waals surface area contributed by atoms with Crippen molar-refractivity contribution in [2.24, 2.45) is 5.41 Å². The van der Waals surface area contributed by atoms with Crippen molar-refractivity contribution >= 4 is 22.9 Å². The van der Waals surface area contributed by atoms with Gasteiger partial charge >= 0.3 is 6.09 Å². The van der Waals surface area contributed by atoms with E-state index in [9.17, 15) is 9.59 Å². The SMILES string of the molecule is CC1(C(=O)Cl)CCN(C(=O)OCc2ccccc2)CC1. The third kappa shape index (κ3) is 3.51. The molecule has 0 radical (unpaired) electrons. The van der Waals surface area contributed by atoms with E-state index >= 15 is 0 Å². The Labute approximate surface area is 123 Å². The molecule has 108 valence electrons. The van der Waals surface area contributed by atoms with Crippen LogP contribution in [0.3, 0.4) is 0 Å². The normalized spacial score (nSPS) is 17.6. The number of hydrogen-bond acceptors (Lipinski definition) is 3. The number of nitrogens with zero attached hydrogens (tertiary/aromatic N) is 1. The lowest BCUT2D eigenvalue weighted by atomic mass is 9.82. The molecule has 1 aliphatic heterocycles. The summed E-state index contributed by atoms with van der Waals surface area (Å²) < 4.78 is 5.27. The highest BCUT2D eigenvalue weighted by Crippen LogP contribution is 2.33. The second kappa shape index (κ2) is 6.27. The predicted octanol–water partition coefficient (Wildman–Crippen LogP) is 3.19. The standard InChI is InChI=1S/C15H18ClNO3/c1-15(13(16)18)7-9-17(10-8-15)14(19)20-11-12-5-3-2-4-6-12/h2-6H,7-11H2,1H3. The molecule has 20 heavy (non-hydrogen) atoms. The van der Waals surface area contributed by atoms with E-state index in [2.05, 4.69) is 0 Å². The van der Waals surface area contributed by atoms with Crippen LogP contribution in [0.4, 0.5) is 4.79 Å². The number of ether oxygens (including phenoxy) is 1. The number of carbonyl (C=O) groups is 2. The molecule has 5 heteroatoms. The Balaban J connectivity index is 1.82. The molecule has 1 heterocycles. The van der Waals surface area contributed by atoms with E-state index in [0.29, 0.717) is 25.9 Å². The molecule has 0 N–H and O–H groups in total. The fraction of sp³-hybridized carbons (Fsp3) is 0.467. The van der Waals surface area contributed by atoms with Gasteiger partial charge in [0, 0.05) is 18.5 Å². The van der Waals surface area contributed by atoms with Gasteiger partial charge in [0.05, 0.1) is 0 Å². The summed E-state index contributed by atoms with van der Waals surface area (Å²) >= 11 is 5.59. The van der Waals surface area contributed by atoms with Crippen molar-refractivity contribution in [2.45, 2.75) is 26.4 Å². The average molecular weight is 296 g/mol. The van der Waals surface area contributed by atoms with Crippen molar-refractivity contribution in [3.63, 3.8) is 0 Å². The zero-order valence-electron chi connectivity index (χ0n) is 11.5. The highest BCUT2D eigenvalue weighted by atomic mass is 35.5. The molecule has 1 aliphatic rings. The first kappa shape index (κ1) is 14.9. The van der Waals surface area contributed by atoms with Gasteiger partial charge in [0.15, 0.2) is 0 Å². The van der Waals surface area contributed by atoms with Crippen molar-refractivity contribution in [2.75, 3.05) is 13.1 Å². The maximum absolute atomic E-state index is 11.9. The van der Waals surface area contributed by atoms with Crippen LogP contribution in [0.5, 0.6) is 0 Å². The first-order valence-electron chi connectivity index (χ1n) is 6.67. The number of piperidine rings is 1. The molecule has 0 unspecified atom stereocenters. The van der Waals surface area contributed by atoms with E-state index in [1.54, 1.807) is 4.90 Å². The number of carbonyl (C=O) groups excluding carboxylic acids is 2. The van der Waals surface area contributed by atoms with Crippen LogP contribution in [0.25, 0.3) is 0 Å². The van der Waals surface area contributed by atoms with Gasteiger partial charge in [0.2, 0.25) is 5.24 Å². The zero-order chi connectivity index (χ0) is 14.6. The van der Waals surface area contributed by atoms with Gasteiger partial charge in [0.1, 0.15) is 6.61 Å². The first-order chi connectivity index (χ1) is 9.51. The van der Waals surface area contributed by atoms with Gasteiger partial charge in [-0.05, 0) is 30.0 Å². The number of benzene rings is 1. The van der Waals surface area contributed by atoms with E-state index in [1.807, 2.05) is 37.3 Å². The fourth-order valence-corrected chi connectivity index (χ4v) is 2.38.